The average molecular weight is 687 g/mol. The second-order valence-corrected chi connectivity index (χ2v) is 12.2. The van der Waals surface area contributed by atoms with Crippen molar-refractivity contribution in [2.45, 2.75) is 38.6 Å². The summed E-state index contributed by atoms with van der Waals surface area (Å²) in [5.74, 6) is 0.319. The number of anilines is 2. The van der Waals surface area contributed by atoms with Crippen LogP contribution in [0.15, 0.2) is 59.4 Å². The number of nitrogens with zero attached hydrogens (tertiary/aromatic N) is 1. The van der Waals surface area contributed by atoms with Crippen LogP contribution < -0.4 is 35.6 Å². The van der Waals surface area contributed by atoms with Crippen molar-refractivity contribution < 1.29 is 33.3 Å². The van der Waals surface area contributed by atoms with E-state index in [2.05, 4.69) is 20.9 Å². The molecule has 13 heteroatoms. The highest BCUT2D eigenvalue weighted by Crippen LogP contribution is 2.50. The Bertz CT molecular complexity index is 1930. The number of carbonyl (C=O) groups is 3. The molecule has 3 aromatic carbocycles. The van der Waals surface area contributed by atoms with Gasteiger partial charge in [-0.25, -0.2) is 9.78 Å². The third-order valence-electron chi connectivity index (χ3n) is 8.10. The molecule has 0 fully saturated rings. The number of methoxy groups -OCH3 is 4. The summed E-state index contributed by atoms with van der Waals surface area (Å²) in [5.41, 5.74) is 4.05. The van der Waals surface area contributed by atoms with Gasteiger partial charge in [0.1, 0.15) is 0 Å². The number of thiazole rings is 1. The average Bonchev–Trinajstić information content (AvgIpc) is 3.38. The Morgan fingerprint density at radius 2 is 1.71 bits per heavy atom. The summed E-state index contributed by atoms with van der Waals surface area (Å²) in [4.78, 5) is 55.9. The van der Waals surface area contributed by atoms with Gasteiger partial charge in [-0.2, -0.15) is 0 Å². The van der Waals surface area contributed by atoms with Crippen LogP contribution in [0.25, 0.3) is 21.6 Å². The number of aryl methyl sites for hydroxylation is 1. The lowest BCUT2D eigenvalue weighted by Crippen LogP contribution is -2.26. The molecule has 0 spiro atoms. The molecule has 49 heavy (non-hydrogen) atoms. The van der Waals surface area contributed by atoms with E-state index in [0.29, 0.717) is 59.2 Å². The van der Waals surface area contributed by atoms with E-state index in [1.165, 1.54) is 32.5 Å². The summed E-state index contributed by atoms with van der Waals surface area (Å²) < 4.78 is 22.0. The first-order chi connectivity index (χ1) is 23.7. The van der Waals surface area contributed by atoms with E-state index in [1.54, 1.807) is 26.4 Å². The third kappa shape index (κ3) is 7.67. The van der Waals surface area contributed by atoms with Crippen molar-refractivity contribution in [3.63, 3.8) is 0 Å². The maximum absolute atomic E-state index is 13.5. The minimum absolute atomic E-state index is 0.132. The van der Waals surface area contributed by atoms with Crippen molar-refractivity contribution in [3.05, 3.63) is 81.6 Å². The van der Waals surface area contributed by atoms with Gasteiger partial charge in [-0.05, 0) is 59.7 Å². The zero-order valence-corrected chi connectivity index (χ0v) is 28.7. The molecule has 0 saturated carbocycles. The molecule has 1 aliphatic rings. The number of fused-ring (bicyclic) bond motifs is 3. The summed E-state index contributed by atoms with van der Waals surface area (Å²) in [5, 5.41) is 9.23. The van der Waals surface area contributed by atoms with Crippen molar-refractivity contribution in [2.24, 2.45) is 0 Å². The Morgan fingerprint density at radius 1 is 0.959 bits per heavy atom. The van der Waals surface area contributed by atoms with E-state index in [4.69, 9.17) is 18.9 Å². The predicted octanol–water partition coefficient (Wildman–Crippen LogP) is 5.60. The SMILES string of the molecule is COC(=O)c1nc(NC(=O)CCCNc2ccc3c(cc2=O)C(NC(C)=O)CCc2cc(OC)c(OC)c(OC)c2-3)sc1-c1ccccc1. The minimum atomic E-state index is -0.592. The first kappa shape index (κ1) is 34.9. The molecule has 0 radical (unpaired) electrons. The molecule has 1 atom stereocenters. The zero-order valence-electron chi connectivity index (χ0n) is 27.9. The largest absolute Gasteiger partial charge is 0.493 e. The highest BCUT2D eigenvalue weighted by atomic mass is 32.1. The quantitative estimate of drug-likeness (QED) is 0.127. The van der Waals surface area contributed by atoms with Crippen molar-refractivity contribution in [1.29, 1.82) is 0 Å². The fraction of sp³-hybridized carbons (Fsp3) is 0.306. The molecular formula is C36H38N4O8S. The number of rotatable bonds is 12. The summed E-state index contributed by atoms with van der Waals surface area (Å²) in [7, 11) is 5.92. The molecule has 5 rings (SSSR count). The van der Waals surface area contributed by atoms with Gasteiger partial charge in [0.15, 0.2) is 22.3 Å². The van der Waals surface area contributed by atoms with Gasteiger partial charge < -0.3 is 34.9 Å². The normalized spacial score (nSPS) is 13.2. The minimum Gasteiger partial charge on any atom is -0.493 e. The second-order valence-electron chi connectivity index (χ2n) is 11.2. The van der Waals surface area contributed by atoms with Crippen LogP contribution in [0.5, 0.6) is 17.2 Å². The molecule has 1 heterocycles. The van der Waals surface area contributed by atoms with Crippen LogP contribution in [-0.2, 0) is 20.7 Å². The van der Waals surface area contributed by atoms with Gasteiger partial charge in [0.05, 0.1) is 45.0 Å². The van der Waals surface area contributed by atoms with Gasteiger partial charge >= 0.3 is 5.97 Å². The Labute approximate surface area is 287 Å². The van der Waals surface area contributed by atoms with E-state index < -0.39 is 12.0 Å². The summed E-state index contributed by atoms with van der Waals surface area (Å²) in [6.07, 6.45) is 1.69. The van der Waals surface area contributed by atoms with Crippen LogP contribution in [0.2, 0.25) is 0 Å². The lowest BCUT2D eigenvalue weighted by Gasteiger charge is -2.19. The van der Waals surface area contributed by atoms with Crippen LogP contribution in [0.1, 0.15) is 53.8 Å². The van der Waals surface area contributed by atoms with Gasteiger partial charge in [0, 0.05) is 25.5 Å². The van der Waals surface area contributed by atoms with Gasteiger partial charge in [-0.3, -0.25) is 14.4 Å². The summed E-state index contributed by atoms with van der Waals surface area (Å²) in [6.45, 7) is 1.78. The van der Waals surface area contributed by atoms with E-state index in [1.807, 2.05) is 42.5 Å². The molecule has 0 saturated heterocycles. The van der Waals surface area contributed by atoms with Crippen molar-refractivity contribution in [3.8, 4) is 38.8 Å². The molecule has 256 valence electrons. The molecule has 4 aromatic rings. The topological polar surface area (TPSA) is 154 Å². The highest BCUT2D eigenvalue weighted by Gasteiger charge is 2.29. The van der Waals surface area contributed by atoms with Crippen molar-refractivity contribution in [2.75, 3.05) is 45.6 Å². The van der Waals surface area contributed by atoms with Crippen LogP contribution in [-0.4, -0.2) is 57.8 Å². The standard InChI is InChI=1S/C36H38N4O8S/c1-20(41)38-25-15-13-22-18-28(45-2)32(46-3)33(47-4)30(22)23-14-16-26(27(42)19-24(23)25)37-17-9-12-29(43)39-36-40-31(35(44)48-5)34(49-36)21-10-7-6-8-11-21/h6-8,10-11,14,16,18-19,25H,9,12-13,15,17H2,1-5H3,(H,37,42)(H,38,41)(H,39,40,43). The Kier molecular flexibility index (Phi) is 11.1. The highest BCUT2D eigenvalue weighted by molar-refractivity contribution is 7.19. The predicted molar refractivity (Wildman–Crippen MR) is 188 cm³/mol. The van der Waals surface area contributed by atoms with E-state index in [9.17, 15) is 19.2 Å². The molecular weight excluding hydrogens is 648 g/mol. The van der Waals surface area contributed by atoms with Gasteiger partial charge in [-0.15, -0.1) is 0 Å². The number of ether oxygens (including phenoxy) is 4. The van der Waals surface area contributed by atoms with Gasteiger partial charge in [0.25, 0.3) is 0 Å². The maximum atomic E-state index is 13.5. The number of nitrogens with one attached hydrogen (secondary N) is 3. The number of carbonyl (C=O) groups excluding carboxylic acids is 3. The van der Waals surface area contributed by atoms with E-state index in [-0.39, 0.29) is 34.5 Å². The number of esters is 1. The Balaban J connectivity index is 1.35. The van der Waals surface area contributed by atoms with Gasteiger partial charge in [-0.1, -0.05) is 47.7 Å². The number of benzene rings is 2. The first-order valence-electron chi connectivity index (χ1n) is 15.6. The molecule has 1 aromatic heterocycles. The fourth-order valence-electron chi connectivity index (χ4n) is 5.90. The molecule has 2 amide bonds. The molecule has 12 nitrogen and oxygen atoms in total. The Hall–Kier alpha value is -5.43. The van der Waals surface area contributed by atoms with E-state index >= 15 is 0 Å². The van der Waals surface area contributed by atoms with Gasteiger partial charge in [0.2, 0.25) is 23.0 Å². The maximum Gasteiger partial charge on any atom is 0.358 e. The molecule has 1 unspecified atom stereocenters. The Morgan fingerprint density at radius 3 is 2.39 bits per heavy atom. The molecule has 1 aliphatic carbocycles. The lowest BCUT2D eigenvalue weighted by atomic mass is 9.95. The third-order valence-corrected chi connectivity index (χ3v) is 9.12. The van der Waals surface area contributed by atoms with Crippen LogP contribution in [0.4, 0.5) is 10.8 Å². The molecule has 0 aliphatic heterocycles. The van der Waals surface area contributed by atoms with Crippen LogP contribution in [0, 0.1) is 0 Å². The molecule has 0 bridgehead atoms. The van der Waals surface area contributed by atoms with Crippen molar-refractivity contribution in [1.82, 2.24) is 10.3 Å². The smallest absolute Gasteiger partial charge is 0.358 e. The lowest BCUT2D eigenvalue weighted by molar-refractivity contribution is -0.119. The monoisotopic (exact) mass is 686 g/mol. The fourth-order valence-corrected chi connectivity index (χ4v) is 6.88. The number of hydrogen-bond acceptors (Lipinski definition) is 11. The summed E-state index contributed by atoms with van der Waals surface area (Å²) >= 11 is 1.19. The van der Waals surface area contributed by atoms with Crippen LogP contribution >= 0.6 is 11.3 Å². The number of hydrogen-bond donors (Lipinski definition) is 3. The van der Waals surface area contributed by atoms with Crippen LogP contribution in [0.3, 0.4) is 0 Å². The second kappa shape index (κ2) is 15.6. The first-order valence-corrected chi connectivity index (χ1v) is 16.5. The zero-order chi connectivity index (χ0) is 35.1. The van der Waals surface area contributed by atoms with E-state index in [0.717, 1.165) is 22.3 Å². The van der Waals surface area contributed by atoms with Crippen molar-refractivity contribution >= 4 is 39.9 Å². The number of amides is 2. The number of aromatic nitrogens is 1. The summed E-state index contributed by atoms with van der Waals surface area (Å²) in [6, 6.07) is 15.8. The molecule has 3 N–H and O–H groups in total.